The van der Waals surface area contributed by atoms with E-state index in [1.54, 1.807) is 25.1 Å². The normalized spacial score (nSPS) is 13.1. The second kappa shape index (κ2) is 7.67. The molecule has 0 radical (unpaired) electrons. The number of methoxy groups -OCH3 is 1. The summed E-state index contributed by atoms with van der Waals surface area (Å²) in [5, 5.41) is 2.82. The van der Waals surface area contributed by atoms with E-state index in [0.717, 1.165) is 17.5 Å². The lowest BCUT2D eigenvalue weighted by Gasteiger charge is -2.17. The van der Waals surface area contributed by atoms with Gasteiger partial charge in [0.25, 0.3) is 0 Å². The van der Waals surface area contributed by atoms with Gasteiger partial charge < -0.3 is 13.6 Å². The number of aliphatic imine (C=N–C) groups is 1. The molecule has 2 aromatic rings. The van der Waals surface area contributed by atoms with Crippen molar-refractivity contribution in [3.05, 3.63) is 47.0 Å². The quantitative estimate of drug-likeness (QED) is 0.566. The molecule has 0 bridgehead atoms. The Morgan fingerprint density at radius 2 is 2.04 bits per heavy atom. The van der Waals surface area contributed by atoms with E-state index in [4.69, 9.17) is 15.8 Å². The molecule has 0 aliphatic carbocycles. The first-order valence-corrected chi connectivity index (χ1v) is 10.1. The maximum Gasteiger partial charge on any atom is 0.412 e. The third-order valence-corrected chi connectivity index (χ3v) is 5.84. The van der Waals surface area contributed by atoms with Crippen LogP contribution in [0.2, 0.25) is 5.02 Å². The van der Waals surface area contributed by atoms with Crippen molar-refractivity contribution in [3.8, 4) is 5.75 Å². The molecule has 1 aliphatic rings. The number of amides is 1. The number of halogens is 1. The Bertz CT molecular complexity index is 1040. The number of hydrogen-bond donors (Lipinski definition) is 2. The van der Waals surface area contributed by atoms with Gasteiger partial charge >= 0.3 is 16.2 Å². The van der Waals surface area contributed by atoms with Gasteiger partial charge in [0.05, 0.1) is 23.5 Å². The van der Waals surface area contributed by atoms with Crippen LogP contribution >= 0.6 is 23.5 Å². The zero-order valence-electron chi connectivity index (χ0n) is 14.1. The highest BCUT2D eigenvalue weighted by Gasteiger charge is 2.22. The SMILES string of the molecule is COC(=O)NC1=Nc2ccc(OS(=O)(=O)c3ccc(C)cc3Cl)cc2NS1. The van der Waals surface area contributed by atoms with Gasteiger partial charge in [0.2, 0.25) is 0 Å². The van der Waals surface area contributed by atoms with E-state index in [1.807, 2.05) is 0 Å². The van der Waals surface area contributed by atoms with Crippen LogP contribution in [0.4, 0.5) is 16.2 Å². The fourth-order valence-corrected chi connectivity index (χ4v) is 4.30. The predicted molar refractivity (Wildman–Crippen MR) is 104 cm³/mol. The summed E-state index contributed by atoms with van der Waals surface area (Å²) < 4.78 is 37.6. The average Bonchev–Trinajstić information content (AvgIpc) is 2.61. The van der Waals surface area contributed by atoms with Crippen molar-refractivity contribution in [2.45, 2.75) is 11.8 Å². The molecule has 0 saturated carbocycles. The Morgan fingerprint density at radius 3 is 2.74 bits per heavy atom. The fraction of sp³-hybridized carbons (Fsp3) is 0.125. The first-order valence-electron chi connectivity index (χ1n) is 7.50. The summed E-state index contributed by atoms with van der Waals surface area (Å²) >= 11 is 7.07. The van der Waals surface area contributed by atoms with Gasteiger partial charge in [0, 0.05) is 18.0 Å². The van der Waals surface area contributed by atoms with E-state index in [2.05, 4.69) is 19.8 Å². The summed E-state index contributed by atoms with van der Waals surface area (Å²) in [6.45, 7) is 1.81. The van der Waals surface area contributed by atoms with Gasteiger partial charge in [-0.15, -0.1) is 0 Å². The number of fused-ring (bicyclic) bond motifs is 1. The van der Waals surface area contributed by atoms with Gasteiger partial charge in [-0.2, -0.15) is 8.42 Å². The Morgan fingerprint density at radius 1 is 1.26 bits per heavy atom. The number of alkyl carbamates (subject to hydrolysis) is 1. The van der Waals surface area contributed by atoms with E-state index in [-0.39, 0.29) is 15.7 Å². The lowest BCUT2D eigenvalue weighted by molar-refractivity contribution is 0.177. The zero-order chi connectivity index (χ0) is 19.6. The van der Waals surface area contributed by atoms with Crippen molar-refractivity contribution in [2.75, 3.05) is 11.8 Å². The first kappa shape index (κ1) is 19.3. The molecule has 0 aromatic heterocycles. The molecule has 0 unspecified atom stereocenters. The molecular formula is C16H14ClN3O5S2. The molecular weight excluding hydrogens is 414 g/mol. The molecule has 0 spiro atoms. The molecule has 3 rings (SSSR count). The number of anilines is 1. The Kier molecular flexibility index (Phi) is 5.49. The maximum absolute atomic E-state index is 12.5. The van der Waals surface area contributed by atoms with Crippen LogP contribution in [-0.4, -0.2) is 26.8 Å². The monoisotopic (exact) mass is 427 g/mol. The number of nitrogens with zero attached hydrogens (tertiary/aromatic N) is 1. The number of carbonyl (C=O) groups is 1. The van der Waals surface area contributed by atoms with Crippen LogP contribution in [0.1, 0.15) is 5.56 Å². The lowest BCUT2D eigenvalue weighted by atomic mass is 10.2. The highest BCUT2D eigenvalue weighted by atomic mass is 35.5. The van der Waals surface area contributed by atoms with Crippen LogP contribution in [0.25, 0.3) is 0 Å². The Hall–Kier alpha value is -2.43. The average molecular weight is 428 g/mol. The number of aryl methyl sites for hydroxylation is 1. The topological polar surface area (TPSA) is 106 Å². The van der Waals surface area contributed by atoms with Crippen molar-refractivity contribution in [1.29, 1.82) is 0 Å². The number of carbonyl (C=O) groups excluding carboxylic acids is 1. The second-order valence-corrected chi connectivity index (χ2v) is 8.10. The zero-order valence-corrected chi connectivity index (χ0v) is 16.5. The van der Waals surface area contributed by atoms with E-state index >= 15 is 0 Å². The first-order chi connectivity index (χ1) is 12.8. The highest BCUT2D eigenvalue weighted by molar-refractivity contribution is 8.15. The lowest BCUT2D eigenvalue weighted by Crippen LogP contribution is -2.29. The second-order valence-electron chi connectivity index (χ2n) is 5.39. The van der Waals surface area contributed by atoms with E-state index < -0.39 is 16.2 Å². The van der Waals surface area contributed by atoms with Crippen molar-refractivity contribution >= 4 is 56.3 Å². The molecule has 2 aromatic carbocycles. The van der Waals surface area contributed by atoms with Gasteiger partial charge in [-0.1, -0.05) is 17.7 Å². The minimum absolute atomic E-state index is 0.0877. The summed E-state index contributed by atoms with van der Waals surface area (Å²) in [6, 6.07) is 9.08. The number of nitrogens with one attached hydrogen (secondary N) is 2. The standard InChI is InChI=1S/C16H14ClN3O5S2/c1-9-3-6-14(11(17)7-9)27(22,23)25-10-4-5-12-13(8-10)20-26-15(18-12)19-16(21)24-2/h3-8,20H,1-2H3,(H,18,19,21). The van der Waals surface area contributed by atoms with Crippen LogP contribution in [0, 0.1) is 6.92 Å². The summed E-state index contributed by atoms with van der Waals surface area (Å²) in [5.74, 6) is 0.0954. The van der Waals surface area contributed by atoms with E-state index in [0.29, 0.717) is 16.5 Å². The molecule has 1 heterocycles. The number of amidine groups is 1. The van der Waals surface area contributed by atoms with Crippen molar-refractivity contribution in [3.63, 3.8) is 0 Å². The van der Waals surface area contributed by atoms with Crippen molar-refractivity contribution in [2.24, 2.45) is 4.99 Å². The third-order valence-electron chi connectivity index (χ3n) is 3.40. The summed E-state index contributed by atoms with van der Waals surface area (Å²) in [6.07, 6.45) is -0.646. The van der Waals surface area contributed by atoms with Gasteiger partial charge in [-0.25, -0.2) is 9.79 Å². The van der Waals surface area contributed by atoms with Crippen molar-refractivity contribution < 1.29 is 22.1 Å². The number of benzene rings is 2. The fourth-order valence-electron chi connectivity index (χ4n) is 2.15. The Labute approximate surface area is 165 Å². The summed E-state index contributed by atoms with van der Waals surface area (Å²) in [4.78, 5) is 15.4. The van der Waals surface area contributed by atoms with E-state index in [9.17, 15) is 13.2 Å². The van der Waals surface area contributed by atoms with Crippen LogP contribution < -0.4 is 14.2 Å². The van der Waals surface area contributed by atoms with Crippen LogP contribution in [0.5, 0.6) is 5.75 Å². The molecule has 11 heteroatoms. The molecule has 1 aliphatic heterocycles. The molecule has 27 heavy (non-hydrogen) atoms. The van der Waals surface area contributed by atoms with Crippen LogP contribution in [0.3, 0.4) is 0 Å². The molecule has 2 N–H and O–H groups in total. The summed E-state index contributed by atoms with van der Waals surface area (Å²) in [7, 11) is -2.85. The third kappa shape index (κ3) is 4.46. The van der Waals surface area contributed by atoms with Gasteiger partial charge in [-0.05, 0) is 36.8 Å². The number of hydrogen-bond acceptors (Lipinski definition) is 8. The minimum atomic E-state index is -4.09. The minimum Gasteiger partial charge on any atom is -0.453 e. The molecule has 8 nitrogen and oxygen atoms in total. The molecule has 0 saturated heterocycles. The van der Waals surface area contributed by atoms with Crippen LogP contribution in [0.15, 0.2) is 46.3 Å². The number of rotatable bonds is 3. The van der Waals surface area contributed by atoms with Gasteiger partial charge in [0.15, 0.2) is 5.17 Å². The highest BCUT2D eigenvalue weighted by Crippen LogP contribution is 2.36. The smallest absolute Gasteiger partial charge is 0.412 e. The summed E-state index contributed by atoms with van der Waals surface area (Å²) in [5.41, 5.74) is 1.86. The molecule has 0 atom stereocenters. The van der Waals surface area contributed by atoms with Gasteiger partial charge in [0.1, 0.15) is 10.6 Å². The van der Waals surface area contributed by atoms with Crippen LogP contribution in [-0.2, 0) is 14.9 Å². The molecule has 142 valence electrons. The van der Waals surface area contributed by atoms with Gasteiger partial charge in [-0.3, -0.25) is 5.32 Å². The molecule has 1 amide bonds. The Balaban J connectivity index is 1.83. The van der Waals surface area contributed by atoms with E-state index in [1.165, 1.54) is 25.3 Å². The van der Waals surface area contributed by atoms with Crippen molar-refractivity contribution in [1.82, 2.24) is 5.32 Å². The number of ether oxygens (including phenoxy) is 1. The maximum atomic E-state index is 12.5. The largest absolute Gasteiger partial charge is 0.453 e. The molecule has 0 fully saturated rings. The predicted octanol–water partition coefficient (Wildman–Crippen LogP) is 3.83.